The maximum Gasteiger partial charge on any atom is 0.409 e. The number of nitrogens with zero attached hydrogens (tertiary/aromatic N) is 3. The van der Waals surface area contributed by atoms with Crippen LogP contribution in [0, 0.1) is 0 Å². The van der Waals surface area contributed by atoms with Crippen molar-refractivity contribution >= 4 is 23.1 Å². The summed E-state index contributed by atoms with van der Waals surface area (Å²) in [6.07, 6.45) is 7.21. The maximum absolute atomic E-state index is 12.3. The number of ether oxygens (including phenoxy) is 1. The third kappa shape index (κ3) is 4.51. The molecule has 1 fully saturated rings. The van der Waals surface area contributed by atoms with E-state index in [0.717, 1.165) is 53.7 Å². The second kappa shape index (κ2) is 9.72. The second-order valence-electron chi connectivity index (χ2n) is 9.95. The monoisotopic (exact) mass is 475 g/mol. The van der Waals surface area contributed by atoms with Crippen LogP contribution in [0.3, 0.4) is 0 Å². The summed E-state index contributed by atoms with van der Waals surface area (Å²) in [6, 6.07) is 11.7. The third-order valence-electron chi connectivity index (χ3n) is 7.64. The van der Waals surface area contributed by atoms with Gasteiger partial charge in [-0.1, -0.05) is 37.5 Å². The third-order valence-corrected chi connectivity index (χ3v) is 7.64. The summed E-state index contributed by atoms with van der Waals surface area (Å²) in [5.74, 6) is 0.641. The Labute approximate surface area is 205 Å². The maximum atomic E-state index is 12.3. The number of hydrogen-bond donors (Lipinski definition) is 1. The van der Waals surface area contributed by atoms with E-state index in [1.165, 1.54) is 31.9 Å². The molecule has 1 atom stereocenters. The minimum absolute atomic E-state index is 0.110. The number of carbonyl (C=O) groups excluding carboxylic acids is 1. The number of fused-ring (bicyclic) bond motifs is 3. The molecule has 0 radical (unpaired) electrons. The molecular weight excluding hydrogens is 442 g/mol. The van der Waals surface area contributed by atoms with Crippen LogP contribution in [0.4, 0.5) is 4.79 Å². The van der Waals surface area contributed by atoms with Crippen molar-refractivity contribution in [3.05, 3.63) is 64.5 Å². The molecule has 1 saturated carbocycles. The van der Waals surface area contributed by atoms with Crippen LogP contribution in [0.25, 0.3) is 11.0 Å². The van der Waals surface area contributed by atoms with Gasteiger partial charge in [-0.3, -0.25) is 0 Å². The Hall–Kier alpha value is -3.35. The van der Waals surface area contributed by atoms with Gasteiger partial charge >= 0.3 is 12.1 Å². The molecule has 1 N–H and O–H groups in total. The van der Waals surface area contributed by atoms with Gasteiger partial charge in [0.1, 0.15) is 5.82 Å². The lowest BCUT2D eigenvalue weighted by molar-refractivity contribution is 0.0696. The van der Waals surface area contributed by atoms with Crippen molar-refractivity contribution < 1.29 is 19.4 Å². The highest BCUT2D eigenvalue weighted by Crippen LogP contribution is 2.38. The summed E-state index contributed by atoms with van der Waals surface area (Å²) in [4.78, 5) is 30.8. The van der Waals surface area contributed by atoms with Crippen LogP contribution in [-0.2, 0) is 24.1 Å². The van der Waals surface area contributed by atoms with E-state index in [2.05, 4.69) is 23.6 Å². The molecule has 5 rings (SSSR count). The highest BCUT2D eigenvalue weighted by atomic mass is 16.5. The molecule has 0 unspecified atom stereocenters. The molecule has 1 aliphatic heterocycles. The van der Waals surface area contributed by atoms with Crippen molar-refractivity contribution in [3.8, 4) is 0 Å². The average Bonchev–Trinajstić information content (AvgIpc) is 3.29. The van der Waals surface area contributed by atoms with E-state index >= 15 is 0 Å². The summed E-state index contributed by atoms with van der Waals surface area (Å²) in [7, 11) is 1.43. The molecule has 0 bridgehead atoms. The van der Waals surface area contributed by atoms with Crippen LogP contribution in [0.15, 0.2) is 36.4 Å². The predicted molar refractivity (Wildman–Crippen MR) is 134 cm³/mol. The van der Waals surface area contributed by atoms with Gasteiger partial charge in [-0.15, -0.1) is 0 Å². The SMILES string of the molecule is COC(=O)N1CCc2ccc3c(nc(C4CCCCC4)n3[C@@H](C)Cc3cccc(C(=O)O)c3)c2C1. The molecule has 35 heavy (non-hydrogen) atoms. The number of aromatic carboxylic acids is 1. The second-order valence-corrected chi connectivity index (χ2v) is 9.95. The first-order valence-electron chi connectivity index (χ1n) is 12.6. The Kier molecular flexibility index (Phi) is 6.50. The van der Waals surface area contributed by atoms with Crippen LogP contribution in [0.2, 0.25) is 0 Å². The molecule has 0 saturated heterocycles. The standard InChI is InChI=1S/C28H33N3O4/c1-18(15-19-7-6-10-22(16-19)27(32)33)31-24-12-11-20-13-14-30(28(34)35-2)17-23(20)25(24)29-26(31)21-8-4-3-5-9-21/h6-7,10-12,16,18,21H,3-5,8-9,13-15,17H2,1-2H3,(H,32,33)/t18-/m0/s1. The molecule has 184 valence electrons. The highest BCUT2D eigenvalue weighted by molar-refractivity contribution is 5.87. The average molecular weight is 476 g/mol. The quantitative estimate of drug-likeness (QED) is 0.511. The van der Waals surface area contributed by atoms with Crippen LogP contribution in [0.5, 0.6) is 0 Å². The van der Waals surface area contributed by atoms with Crippen molar-refractivity contribution in [1.29, 1.82) is 0 Å². The summed E-state index contributed by atoms with van der Waals surface area (Å²) in [5.41, 5.74) is 5.77. The summed E-state index contributed by atoms with van der Waals surface area (Å²) in [6.45, 7) is 3.36. The topological polar surface area (TPSA) is 84.7 Å². The Bertz CT molecular complexity index is 1260. The van der Waals surface area contributed by atoms with Gasteiger partial charge in [0.2, 0.25) is 0 Å². The molecule has 2 heterocycles. The van der Waals surface area contributed by atoms with Crippen LogP contribution >= 0.6 is 0 Å². The zero-order valence-corrected chi connectivity index (χ0v) is 20.5. The molecule has 1 aliphatic carbocycles. The van der Waals surface area contributed by atoms with E-state index in [4.69, 9.17) is 9.72 Å². The first-order valence-corrected chi connectivity index (χ1v) is 12.6. The lowest BCUT2D eigenvalue weighted by atomic mass is 9.88. The minimum atomic E-state index is -0.905. The number of carboxylic acid groups (broad SMARTS) is 1. The minimum Gasteiger partial charge on any atom is -0.478 e. The Balaban J connectivity index is 1.58. The number of amides is 1. The van der Waals surface area contributed by atoms with Gasteiger partial charge in [0.25, 0.3) is 0 Å². The number of imidazole rings is 1. The smallest absolute Gasteiger partial charge is 0.409 e. The van der Waals surface area contributed by atoms with Crippen molar-refractivity contribution in [2.24, 2.45) is 0 Å². The Morgan fingerprint density at radius 3 is 2.71 bits per heavy atom. The number of rotatable bonds is 5. The van der Waals surface area contributed by atoms with Crippen molar-refractivity contribution in [1.82, 2.24) is 14.5 Å². The fourth-order valence-corrected chi connectivity index (χ4v) is 5.87. The zero-order valence-electron chi connectivity index (χ0n) is 20.5. The molecule has 7 nitrogen and oxygen atoms in total. The normalized spacial score (nSPS) is 17.3. The van der Waals surface area contributed by atoms with Gasteiger partial charge in [0, 0.05) is 24.1 Å². The van der Waals surface area contributed by atoms with E-state index in [-0.39, 0.29) is 12.1 Å². The van der Waals surface area contributed by atoms with Crippen LogP contribution < -0.4 is 0 Å². The van der Waals surface area contributed by atoms with Gasteiger partial charge in [-0.2, -0.15) is 0 Å². The first-order chi connectivity index (χ1) is 17.0. The first kappa shape index (κ1) is 23.4. The highest BCUT2D eigenvalue weighted by Gasteiger charge is 2.29. The fourth-order valence-electron chi connectivity index (χ4n) is 5.87. The van der Waals surface area contributed by atoms with Gasteiger partial charge in [-0.05, 0) is 61.9 Å². The van der Waals surface area contributed by atoms with Crippen LogP contribution in [0.1, 0.15) is 83.9 Å². The molecule has 2 aromatic carbocycles. The van der Waals surface area contributed by atoms with E-state index < -0.39 is 5.97 Å². The van der Waals surface area contributed by atoms with Gasteiger partial charge < -0.3 is 19.3 Å². The van der Waals surface area contributed by atoms with Gasteiger partial charge in [0.05, 0.1) is 30.3 Å². The van der Waals surface area contributed by atoms with Crippen molar-refractivity contribution in [2.75, 3.05) is 13.7 Å². The van der Waals surface area contributed by atoms with Gasteiger partial charge in [-0.25, -0.2) is 14.6 Å². The lowest BCUT2D eigenvalue weighted by Crippen LogP contribution is -2.35. The van der Waals surface area contributed by atoms with E-state index in [9.17, 15) is 14.7 Å². The number of aromatic nitrogens is 2. The number of carbonyl (C=O) groups is 2. The Morgan fingerprint density at radius 2 is 1.97 bits per heavy atom. The summed E-state index contributed by atoms with van der Waals surface area (Å²) >= 11 is 0. The van der Waals surface area contributed by atoms with Crippen molar-refractivity contribution in [2.45, 2.75) is 70.4 Å². The number of methoxy groups -OCH3 is 1. The summed E-state index contributed by atoms with van der Waals surface area (Å²) in [5, 5.41) is 9.42. The zero-order chi connectivity index (χ0) is 24.5. The molecule has 7 heteroatoms. The predicted octanol–water partition coefficient (Wildman–Crippen LogP) is 5.71. The van der Waals surface area contributed by atoms with Gasteiger partial charge in [0.15, 0.2) is 0 Å². The molecule has 1 amide bonds. The number of hydrogen-bond acceptors (Lipinski definition) is 4. The van der Waals surface area contributed by atoms with Crippen LogP contribution in [-0.4, -0.2) is 45.3 Å². The molecule has 0 spiro atoms. The van der Waals surface area contributed by atoms with E-state index in [1.54, 1.807) is 17.0 Å². The van der Waals surface area contributed by atoms with Crippen molar-refractivity contribution in [3.63, 3.8) is 0 Å². The molecule has 2 aliphatic rings. The number of benzene rings is 2. The molecule has 3 aromatic rings. The summed E-state index contributed by atoms with van der Waals surface area (Å²) < 4.78 is 7.38. The number of carboxylic acids is 1. The Morgan fingerprint density at radius 1 is 1.17 bits per heavy atom. The molecule has 1 aromatic heterocycles. The van der Waals surface area contributed by atoms with E-state index in [0.29, 0.717) is 24.6 Å². The van der Waals surface area contributed by atoms with E-state index in [1.807, 2.05) is 12.1 Å². The lowest BCUT2D eigenvalue weighted by Gasteiger charge is -2.28. The fraction of sp³-hybridized carbons (Fsp3) is 0.464. The molecular formula is C28H33N3O4. The largest absolute Gasteiger partial charge is 0.478 e.